The fourth-order valence-electron chi connectivity index (χ4n) is 7.25. The van der Waals surface area contributed by atoms with Gasteiger partial charge in [-0.1, -0.05) is 36.4 Å². The molecule has 276 valence electrons. The molecule has 0 saturated heterocycles. The molecular weight excluding hydrogens is 729 g/mol. The van der Waals surface area contributed by atoms with Gasteiger partial charge in [0.25, 0.3) is 0 Å². The lowest BCUT2D eigenvalue weighted by Crippen LogP contribution is -2.00. The molecule has 6 heterocycles. The van der Waals surface area contributed by atoms with Crippen molar-refractivity contribution in [1.29, 1.82) is 0 Å². The van der Waals surface area contributed by atoms with E-state index in [9.17, 15) is 0 Å². The molecule has 0 amide bonds. The first-order valence-corrected chi connectivity index (χ1v) is 20.7. The molecule has 10 rings (SSSR count). The fraction of sp³-hybridized carbons (Fsp3) is 0.130. The van der Waals surface area contributed by atoms with E-state index in [0.29, 0.717) is 0 Å². The predicted octanol–water partition coefficient (Wildman–Crippen LogP) is 10.4. The number of nitrogens with zero attached hydrogens (tertiary/aromatic N) is 6. The topological polar surface area (TPSA) is 113 Å². The second-order valence-corrected chi connectivity index (χ2v) is 15.4. The summed E-state index contributed by atoms with van der Waals surface area (Å²) in [5, 5.41) is 10.8. The summed E-state index contributed by atoms with van der Waals surface area (Å²) in [5.74, 6) is 0. The lowest BCUT2D eigenvalue weighted by Gasteiger charge is -2.09. The molecule has 10 aromatic rings. The Balaban J connectivity index is 0.000000146. The maximum Gasteiger partial charge on any atom is 0.108 e. The first-order chi connectivity index (χ1) is 27.7. The van der Waals surface area contributed by atoms with E-state index < -0.39 is 0 Å². The monoisotopic (exact) mass is 768 g/mol. The summed E-state index contributed by atoms with van der Waals surface area (Å²) in [5.41, 5.74) is 26.9. The van der Waals surface area contributed by atoms with Crippen LogP contribution in [0.25, 0.3) is 77.5 Å². The lowest BCUT2D eigenvalue weighted by molar-refractivity contribution is 0.832. The van der Waals surface area contributed by atoms with Gasteiger partial charge in [-0.15, -0.1) is 0 Å². The molecule has 0 aliphatic heterocycles. The van der Waals surface area contributed by atoms with Crippen molar-refractivity contribution in [2.75, 3.05) is 13.1 Å². The smallest absolute Gasteiger partial charge is 0.108 e. The highest BCUT2D eigenvalue weighted by Crippen LogP contribution is 2.32. The van der Waals surface area contributed by atoms with Crippen LogP contribution in [0.4, 0.5) is 0 Å². The Bertz CT molecular complexity index is 2670. The van der Waals surface area contributed by atoms with Crippen LogP contribution in [-0.2, 0) is 12.8 Å². The van der Waals surface area contributed by atoms with Crippen molar-refractivity contribution >= 4 is 66.5 Å². The highest BCUT2D eigenvalue weighted by molar-refractivity contribution is 7.08. The van der Waals surface area contributed by atoms with Crippen LogP contribution in [0.2, 0.25) is 0 Å². The normalized spacial score (nSPS) is 11.5. The number of thiophene rings is 2. The number of pyridine rings is 2. The van der Waals surface area contributed by atoms with Crippen LogP contribution in [0.5, 0.6) is 0 Å². The van der Waals surface area contributed by atoms with Crippen molar-refractivity contribution in [1.82, 2.24) is 29.1 Å². The Morgan fingerprint density at radius 3 is 1.30 bits per heavy atom. The van der Waals surface area contributed by atoms with Gasteiger partial charge >= 0.3 is 0 Å². The third kappa shape index (κ3) is 7.11. The van der Waals surface area contributed by atoms with Crippen molar-refractivity contribution in [2.24, 2.45) is 11.5 Å². The third-order valence-electron chi connectivity index (χ3n) is 10.2. The van der Waals surface area contributed by atoms with E-state index in [1.54, 1.807) is 22.7 Å². The van der Waals surface area contributed by atoms with Gasteiger partial charge in [0.2, 0.25) is 0 Å². The number of imidazole rings is 2. The van der Waals surface area contributed by atoms with E-state index in [1.807, 2.05) is 25.0 Å². The van der Waals surface area contributed by atoms with Crippen LogP contribution in [-0.4, -0.2) is 42.2 Å². The predicted molar refractivity (Wildman–Crippen MR) is 234 cm³/mol. The van der Waals surface area contributed by atoms with Crippen LogP contribution >= 0.6 is 22.7 Å². The van der Waals surface area contributed by atoms with E-state index >= 15 is 0 Å². The van der Waals surface area contributed by atoms with Crippen LogP contribution in [0.3, 0.4) is 0 Å². The molecular formula is C46H40N8S2. The number of nitrogens with two attached hydrogens (primary N) is 2. The van der Waals surface area contributed by atoms with Gasteiger partial charge in [0.05, 0.1) is 34.5 Å². The molecule has 0 spiro atoms. The zero-order chi connectivity index (χ0) is 37.8. The van der Waals surface area contributed by atoms with Gasteiger partial charge in [0.1, 0.15) is 23.7 Å². The van der Waals surface area contributed by atoms with E-state index in [4.69, 9.17) is 11.5 Å². The first-order valence-electron chi connectivity index (χ1n) is 18.8. The van der Waals surface area contributed by atoms with Crippen LogP contribution < -0.4 is 11.5 Å². The number of benzene rings is 4. The summed E-state index contributed by atoms with van der Waals surface area (Å²) >= 11 is 3.42. The van der Waals surface area contributed by atoms with Crippen LogP contribution in [0, 0.1) is 0 Å². The standard InChI is InChI=1S/2C23H20N4S/c2*24-10-1-2-16-3-6-19(7-4-16)27-15-26-22-13-25-21-8-5-17(12-20(21)23(22)27)18-9-11-28-14-18/h2*3-9,11-15H,1-2,10,24H2. The molecule has 0 saturated carbocycles. The number of hydrogen-bond acceptors (Lipinski definition) is 8. The van der Waals surface area contributed by atoms with Crippen molar-refractivity contribution in [3.63, 3.8) is 0 Å². The van der Waals surface area contributed by atoms with Crippen molar-refractivity contribution < 1.29 is 0 Å². The number of hydrogen-bond donors (Lipinski definition) is 2. The molecule has 56 heavy (non-hydrogen) atoms. The second-order valence-electron chi connectivity index (χ2n) is 13.8. The van der Waals surface area contributed by atoms with Crippen molar-refractivity contribution in [3.8, 4) is 33.6 Å². The Morgan fingerprint density at radius 2 is 0.911 bits per heavy atom. The van der Waals surface area contributed by atoms with E-state index in [0.717, 1.165) is 94.0 Å². The minimum atomic E-state index is 0.722. The number of fused-ring (bicyclic) bond motifs is 6. The van der Waals surface area contributed by atoms with Gasteiger partial charge in [0.15, 0.2) is 0 Å². The molecule has 0 atom stereocenters. The van der Waals surface area contributed by atoms with Gasteiger partial charge in [0, 0.05) is 22.1 Å². The molecule has 0 bridgehead atoms. The van der Waals surface area contributed by atoms with Gasteiger partial charge in [-0.3, -0.25) is 19.1 Å². The maximum atomic E-state index is 5.63. The van der Waals surface area contributed by atoms with Crippen LogP contribution in [0.15, 0.2) is 144 Å². The molecule has 6 aromatic heterocycles. The number of aromatic nitrogens is 6. The summed E-state index contributed by atoms with van der Waals surface area (Å²) in [6.07, 6.45) is 11.5. The summed E-state index contributed by atoms with van der Waals surface area (Å²) in [7, 11) is 0. The Kier molecular flexibility index (Phi) is 10.2. The quantitative estimate of drug-likeness (QED) is 0.143. The molecule has 8 nitrogen and oxygen atoms in total. The fourth-order valence-corrected chi connectivity index (χ4v) is 8.58. The molecule has 0 aliphatic carbocycles. The average Bonchev–Trinajstić information content (AvgIpc) is 4.10. The second kappa shape index (κ2) is 16.0. The summed E-state index contributed by atoms with van der Waals surface area (Å²) in [6, 6.07) is 34.5. The summed E-state index contributed by atoms with van der Waals surface area (Å²) in [6.45, 7) is 1.44. The highest BCUT2D eigenvalue weighted by Gasteiger charge is 2.13. The summed E-state index contributed by atoms with van der Waals surface area (Å²) < 4.78 is 4.31. The van der Waals surface area contributed by atoms with E-state index in [2.05, 4.69) is 148 Å². The van der Waals surface area contributed by atoms with Gasteiger partial charge in [-0.2, -0.15) is 22.7 Å². The molecule has 4 N–H and O–H groups in total. The SMILES string of the molecule is NCCCc1ccc(-n2cnc3cnc4ccc(-c5ccsc5)cc4c32)cc1.NCCCc1ccc(-n2cnc3cnc4ccc(-c5ccsc5)cc4c32)cc1. The van der Waals surface area contributed by atoms with E-state index in [1.165, 1.54) is 33.4 Å². The minimum absolute atomic E-state index is 0.722. The number of rotatable bonds is 10. The Morgan fingerprint density at radius 1 is 0.464 bits per heavy atom. The third-order valence-corrected chi connectivity index (χ3v) is 11.6. The van der Waals surface area contributed by atoms with E-state index in [-0.39, 0.29) is 0 Å². The lowest BCUT2D eigenvalue weighted by atomic mass is 10.1. The molecule has 0 unspecified atom stereocenters. The minimum Gasteiger partial charge on any atom is -0.330 e. The van der Waals surface area contributed by atoms with Crippen molar-refractivity contribution in [3.05, 3.63) is 155 Å². The zero-order valence-electron chi connectivity index (χ0n) is 30.8. The summed E-state index contributed by atoms with van der Waals surface area (Å²) in [4.78, 5) is 18.4. The number of aryl methyl sites for hydroxylation is 2. The largest absolute Gasteiger partial charge is 0.330 e. The highest BCUT2D eigenvalue weighted by atomic mass is 32.1. The van der Waals surface area contributed by atoms with Crippen molar-refractivity contribution in [2.45, 2.75) is 25.7 Å². The Hall–Kier alpha value is -6.04. The maximum absolute atomic E-state index is 5.63. The van der Waals surface area contributed by atoms with Gasteiger partial charge in [-0.25, -0.2) is 9.97 Å². The Labute approximate surface area is 332 Å². The molecule has 0 aliphatic rings. The molecule has 10 heteroatoms. The first kappa shape index (κ1) is 35.6. The zero-order valence-corrected chi connectivity index (χ0v) is 32.4. The molecule has 0 fully saturated rings. The molecule has 4 aromatic carbocycles. The van der Waals surface area contributed by atoms with Crippen LogP contribution in [0.1, 0.15) is 24.0 Å². The molecule has 0 radical (unpaired) electrons. The van der Waals surface area contributed by atoms with Gasteiger partial charge in [-0.05, 0) is 154 Å². The average molecular weight is 769 g/mol. The van der Waals surface area contributed by atoms with Gasteiger partial charge < -0.3 is 11.5 Å².